The number of urea groups is 1. The molecule has 0 aliphatic rings. The van der Waals surface area contributed by atoms with Crippen LogP contribution < -0.4 is 16.2 Å². The summed E-state index contributed by atoms with van der Waals surface area (Å²) in [5, 5.41) is 6.35. The number of aryl methyl sites for hydroxylation is 1. The van der Waals surface area contributed by atoms with E-state index in [1.54, 1.807) is 19.9 Å². The molecule has 1 heterocycles. The predicted molar refractivity (Wildman–Crippen MR) is 109 cm³/mol. The van der Waals surface area contributed by atoms with Gasteiger partial charge < -0.3 is 9.84 Å². The zero-order valence-corrected chi connectivity index (χ0v) is 17.5. The van der Waals surface area contributed by atoms with Crippen molar-refractivity contribution >= 4 is 23.5 Å². The third kappa shape index (κ3) is 5.15. The Balaban J connectivity index is 1.93. The van der Waals surface area contributed by atoms with Crippen LogP contribution in [0.1, 0.15) is 31.3 Å². The summed E-state index contributed by atoms with van der Waals surface area (Å²) in [6.07, 6.45) is 0. The lowest BCUT2D eigenvalue weighted by molar-refractivity contribution is -0.119. The van der Waals surface area contributed by atoms with Crippen molar-refractivity contribution in [3.05, 3.63) is 58.4 Å². The van der Waals surface area contributed by atoms with Crippen LogP contribution in [-0.4, -0.2) is 22.1 Å². The average molecular weight is 450 g/mol. The topological polar surface area (TPSA) is 109 Å². The minimum atomic E-state index is -0.724. The third-order valence-electron chi connectivity index (χ3n) is 4.28. The van der Waals surface area contributed by atoms with Crippen molar-refractivity contribution in [2.24, 2.45) is 0 Å². The number of nitrogens with zero attached hydrogens (tertiary/aromatic N) is 2. The average Bonchev–Trinajstić information content (AvgIpc) is 3.11. The molecule has 0 aliphatic heterocycles. The van der Waals surface area contributed by atoms with Crippen LogP contribution in [0.5, 0.6) is 0 Å². The molecule has 0 saturated carbocycles. The van der Waals surface area contributed by atoms with E-state index >= 15 is 0 Å². The second kappa shape index (κ2) is 9.09. The third-order valence-corrected chi connectivity index (χ3v) is 4.50. The molecule has 8 nitrogen and oxygen atoms in total. The summed E-state index contributed by atoms with van der Waals surface area (Å²) < 4.78 is 34.5. The second-order valence-corrected chi connectivity index (χ2v) is 7.12. The Kier molecular flexibility index (Phi) is 6.50. The van der Waals surface area contributed by atoms with Gasteiger partial charge in [0.2, 0.25) is 17.6 Å². The number of rotatable bonds is 4. The number of hydrazine groups is 1. The summed E-state index contributed by atoms with van der Waals surface area (Å²) in [5.41, 5.74) is 5.06. The predicted octanol–water partition coefficient (Wildman–Crippen LogP) is 4.05. The van der Waals surface area contributed by atoms with E-state index in [4.69, 9.17) is 16.1 Å². The smallest absolute Gasteiger partial charge is 0.333 e. The van der Waals surface area contributed by atoms with Crippen molar-refractivity contribution in [2.45, 2.75) is 26.8 Å². The standard InChI is InChI=1S/C20H18ClF2N5O3/c1-9(24-20(30)27-26-10(2)29)14-5-4-12(6-16(14)22)15-7-13(21)8-17(23)18(15)19-25-11(3)31-28-19/h4-9H,1-3H3,(H,26,29)(H2,24,27,30)/t9-/m1/s1. The second-order valence-electron chi connectivity index (χ2n) is 6.68. The molecule has 0 fully saturated rings. The molecule has 2 aromatic carbocycles. The Morgan fingerprint density at radius 2 is 1.87 bits per heavy atom. The minimum absolute atomic E-state index is 0.0100. The Morgan fingerprint density at radius 3 is 2.48 bits per heavy atom. The van der Waals surface area contributed by atoms with Crippen LogP contribution >= 0.6 is 11.6 Å². The maximum atomic E-state index is 14.9. The van der Waals surface area contributed by atoms with E-state index in [2.05, 4.69) is 26.3 Å². The molecule has 0 unspecified atom stereocenters. The molecular formula is C20H18ClF2N5O3. The van der Waals surface area contributed by atoms with Crippen LogP contribution in [0.2, 0.25) is 5.02 Å². The van der Waals surface area contributed by atoms with Crippen LogP contribution in [0.25, 0.3) is 22.5 Å². The lowest BCUT2D eigenvalue weighted by atomic mass is 9.96. The van der Waals surface area contributed by atoms with Gasteiger partial charge in [0.25, 0.3) is 0 Å². The summed E-state index contributed by atoms with van der Waals surface area (Å²) in [7, 11) is 0. The molecule has 0 bridgehead atoms. The number of hydrogen-bond acceptors (Lipinski definition) is 5. The maximum absolute atomic E-state index is 14.9. The monoisotopic (exact) mass is 449 g/mol. The van der Waals surface area contributed by atoms with Crippen molar-refractivity contribution in [3.8, 4) is 22.5 Å². The van der Waals surface area contributed by atoms with Crippen LogP contribution in [0.3, 0.4) is 0 Å². The van der Waals surface area contributed by atoms with Crippen molar-refractivity contribution in [1.82, 2.24) is 26.3 Å². The molecule has 162 valence electrons. The number of hydrogen-bond donors (Lipinski definition) is 3. The quantitative estimate of drug-likeness (QED) is 0.520. The lowest BCUT2D eigenvalue weighted by Gasteiger charge is -2.17. The largest absolute Gasteiger partial charge is 0.339 e. The first-order valence-electron chi connectivity index (χ1n) is 9.08. The van der Waals surface area contributed by atoms with Gasteiger partial charge in [0.15, 0.2) is 0 Å². The van der Waals surface area contributed by atoms with E-state index in [0.717, 1.165) is 6.07 Å². The van der Waals surface area contributed by atoms with Crippen LogP contribution in [0.15, 0.2) is 34.9 Å². The van der Waals surface area contributed by atoms with Crippen LogP contribution in [-0.2, 0) is 4.79 Å². The molecule has 3 rings (SSSR count). The first-order chi connectivity index (χ1) is 14.7. The number of carbonyl (C=O) groups excluding carboxylic acids is 2. The fourth-order valence-electron chi connectivity index (χ4n) is 2.93. The number of amides is 3. The van der Waals surface area contributed by atoms with Gasteiger partial charge in [-0.25, -0.2) is 19.0 Å². The molecule has 0 spiro atoms. The summed E-state index contributed by atoms with van der Waals surface area (Å²) in [4.78, 5) is 26.7. The summed E-state index contributed by atoms with van der Waals surface area (Å²) in [6.45, 7) is 4.36. The first-order valence-corrected chi connectivity index (χ1v) is 9.46. The number of benzene rings is 2. The molecule has 3 aromatic rings. The molecule has 0 saturated heterocycles. The number of halogens is 3. The van der Waals surface area contributed by atoms with Crippen molar-refractivity contribution in [2.75, 3.05) is 0 Å². The van der Waals surface area contributed by atoms with Gasteiger partial charge in [0.1, 0.15) is 11.6 Å². The van der Waals surface area contributed by atoms with E-state index in [0.29, 0.717) is 5.56 Å². The van der Waals surface area contributed by atoms with E-state index in [9.17, 15) is 18.4 Å². The first kappa shape index (κ1) is 22.2. The number of carbonyl (C=O) groups is 2. The maximum Gasteiger partial charge on any atom is 0.333 e. The fraction of sp³-hybridized carbons (Fsp3) is 0.200. The highest BCUT2D eigenvalue weighted by molar-refractivity contribution is 6.31. The minimum Gasteiger partial charge on any atom is -0.339 e. The van der Waals surface area contributed by atoms with E-state index in [1.807, 2.05) is 0 Å². The van der Waals surface area contributed by atoms with Gasteiger partial charge in [-0.05, 0) is 36.2 Å². The van der Waals surface area contributed by atoms with E-state index < -0.39 is 29.6 Å². The van der Waals surface area contributed by atoms with Gasteiger partial charge in [0, 0.05) is 24.4 Å². The normalized spacial score (nSPS) is 11.7. The highest BCUT2D eigenvalue weighted by atomic mass is 35.5. The molecule has 3 amide bonds. The molecule has 3 N–H and O–H groups in total. The van der Waals surface area contributed by atoms with Crippen LogP contribution in [0.4, 0.5) is 13.6 Å². The van der Waals surface area contributed by atoms with Gasteiger partial charge in [-0.15, -0.1) is 0 Å². The molecule has 11 heteroatoms. The zero-order chi connectivity index (χ0) is 22.7. The molecule has 0 radical (unpaired) electrons. The van der Waals surface area contributed by atoms with Gasteiger partial charge >= 0.3 is 6.03 Å². The molecule has 1 aromatic heterocycles. The summed E-state index contributed by atoms with van der Waals surface area (Å²) in [6, 6.07) is 5.36. The Morgan fingerprint density at radius 1 is 1.13 bits per heavy atom. The fourth-order valence-corrected chi connectivity index (χ4v) is 3.14. The van der Waals surface area contributed by atoms with Crippen molar-refractivity contribution < 1.29 is 22.9 Å². The summed E-state index contributed by atoms with van der Waals surface area (Å²) in [5.74, 6) is -1.53. The molecule has 31 heavy (non-hydrogen) atoms. The molecular weight excluding hydrogens is 432 g/mol. The molecule has 1 atom stereocenters. The van der Waals surface area contributed by atoms with Crippen LogP contribution in [0, 0.1) is 18.6 Å². The highest BCUT2D eigenvalue weighted by Crippen LogP contribution is 2.36. The Labute approximate surface area is 180 Å². The molecule has 0 aliphatic carbocycles. The summed E-state index contributed by atoms with van der Waals surface area (Å²) >= 11 is 6.01. The van der Waals surface area contributed by atoms with Crippen molar-refractivity contribution in [1.29, 1.82) is 0 Å². The van der Waals surface area contributed by atoms with Crippen molar-refractivity contribution in [3.63, 3.8) is 0 Å². The van der Waals surface area contributed by atoms with Gasteiger partial charge in [-0.1, -0.05) is 28.9 Å². The Bertz CT molecular complexity index is 1150. The SMILES string of the molecule is CC(=O)NNC(=O)N[C@H](C)c1ccc(-c2cc(Cl)cc(F)c2-c2noc(C)n2)cc1F. The van der Waals surface area contributed by atoms with E-state index in [-0.39, 0.29) is 33.4 Å². The van der Waals surface area contributed by atoms with Gasteiger partial charge in [-0.3, -0.25) is 10.2 Å². The highest BCUT2D eigenvalue weighted by Gasteiger charge is 2.21. The van der Waals surface area contributed by atoms with Gasteiger partial charge in [0.05, 0.1) is 11.6 Å². The lowest BCUT2D eigenvalue weighted by Crippen LogP contribution is -2.46. The number of aromatic nitrogens is 2. The Hall–Kier alpha value is -3.53. The van der Waals surface area contributed by atoms with Gasteiger partial charge in [-0.2, -0.15) is 4.98 Å². The number of nitrogens with one attached hydrogen (secondary N) is 3. The zero-order valence-electron chi connectivity index (χ0n) is 16.7. The van der Waals surface area contributed by atoms with E-state index in [1.165, 1.54) is 25.1 Å².